The Bertz CT molecular complexity index is 1290. The summed E-state index contributed by atoms with van der Waals surface area (Å²) in [5.41, 5.74) is 2.09. The number of rotatable bonds is 12. The molecule has 4 rings (SSSR count). The molecule has 7 nitrogen and oxygen atoms in total. The predicted molar refractivity (Wildman–Crippen MR) is 132 cm³/mol. The standard InChI is InChI=1S/C28H25F2N3O4/c29-21-5-1-20(2-6-21)16-36-17-26(33-28(35)14-23-15-31-18-32-23)27(34)13-19-3-9-24(10-4-19)37-25-11-7-22(30)8-12-25/h1-12,15,18,26H,13-14,16-17H2,(H,31,32)(H,33,35)/t26-/m0/s1. The number of aromatic amines is 1. The van der Waals surface area contributed by atoms with E-state index >= 15 is 0 Å². The van der Waals surface area contributed by atoms with E-state index < -0.39 is 6.04 Å². The molecule has 0 aliphatic rings. The molecule has 1 amide bonds. The maximum atomic E-state index is 13.1. The first kappa shape index (κ1) is 25.7. The van der Waals surface area contributed by atoms with Gasteiger partial charge in [0, 0.05) is 18.3 Å². The van der Waals surface area contributed by atoms with Gasteiger partial charge in [0.25, 0.3) is 0 Å². The fraction of sp³-hybridized carbons (Fsp3) is 0.179. The summed E-state index contributed by atoms with van der Waals surface area (Å²) in [7, 11) is 0. The van der Waals surface area contributed by atoms with E-state index in [0.717, 1.165) is 11.1 Å². The molecule has 0 aliphatic carbocycles. The van der Waals surface area contributed by atoms with Gasteiger partial charge in [-0.1, -0.05) is 24.3 Å². The smallest absolute Gasteiger partial charge is 0.226 e. The number of H-pyrrole nitrogens is 1. The Hall–Kier alpha value is -4.37. The van der Waals surface area contributed by atoms with E-state index in [9.17, 15) is 18.4 Å². The van der Waals surface area contributed by atoms with Crippen molar-refractivity contribution in [1.29, 1.82) is 0 Å². The Morgan fingerprint density at radius 3 is 2.05 bits per heavy atom. The van der Waals surface area contributed by atoms with Crippen LogP contribution in [-0.4, -0.2) is 34.3 Å². The van der Waals surface area contributed by atoms with E-state index in [2.05, 4.69) is 15.3 Å². The van der Waals surface area contributed by atoms with Crippen molar-refractivity contribution in [3.05, 3.63) is 114 Å². The van der Waals surface area contributed by atoms with Crippen molar-refractivity contribution in [2.75, 3.05) is 6.61 Å². The average Bonchev–Trinajstić information content (AvgIpc) is 3.40. The van der Waals surface area contributed by atoms with Crippen LogP contribution >= 0.6 is 0 Å². The van der Waals surface area contributed by atoms with Crippen molar-refractivity contribution in [2.24, 2.45) is 0 Å². The number of hydrogen-bond donors (Lipinski definition) is 2. The molecule has 0 saturated heterocycles. The summed E-state index contributed by atoms with van der Waals surface area (Å²) in [5.74, 6) is -0.259. The van der Waals surface area contributed by atoms with Crippen LogP contribution in [0.3, 0.4) is 0 Å². The Morgan fingerprint density at radius 2 is 1.43 bits per heavy atom. The number of carbonyl (C=O) groups excluding carboxylic acids is 2. The molecule has 0 radical (unpaired) electrons. The Balaban J connectivity index is 1.37. The van der Waals surface area contributed by atoms with E-state index in [0.29, 0.717) is 17.2 Å². The van der Waals surface area contributed by atoms with Crippen molar-refractivity contribution in [3.63, 3.8) is 0 Å². The summed E-state index contributed by atoms with van der Waals surface area (Å²) >= 11 is 0. The minimum Gasteiger partial charge on any atom is -0.457 e. The maximum Gasteiger partial charge on any atom is 0.226 e. The zero-order valence-corrected chi connectivity index (χ0v) is 19.8. The summed E-state index contributed by atoms with van der Waals surface area (Å²) in [4.78, 5) is 32.4. The molecular formula is C28H25F2N3O4. The Labute approximate surface area is 212 Å². The predicted octanol–water partition coefficient (Wildman–Crippen LogP) is 4.54. The highest BCUT2D eigenvalue weighted by Crippen LogP contribution is 2.22. The molecular weight excluding hydrogens is 480 g/mol. The lowest BCUT2D eigenvalue weighted by Gasteiger charge is -2.18. The fourth-order valence-electron chi connectivity index (χ4n) is 3.53. The van der Waals surface area contributed by atoms with Gasteiger partial charge < -0.3 is 19.8 Å². The topological polar surface area (TPSA) is 93.3 Å². The molecule has 9 heteroatoms. The molecule has 1 heterocycles. The van der Waals surface area contributed by atoms with Gasteiger partial charge >= 0.3 is 0 Å². The third kappa shape index (κ3) is 8.08. The molecule has 2 N–H and O–H groups in total. The molecule has 0 unspecified atom stereocenters. The molecule has 190 valence electrons. The van der Waals surface area contributed by atoms with Crippen LogP contribution in [-0.2, 0) is 33.8 Å². The largest absolute Gasteiger partial charge is 0.457 e. The maximum absolute atomic E-state index is 13.1. The van der Waals surface area contributed by atoms with E-state index in [-0.39, 0.29) is 49.4 Å². The number of halogens is 2. The van der Waals surface area contributed by atoms with Crippen molar-refractivity contribution >= 4 is 11.7 Å². The second-order valence-electron chi connectivity index (χ2n) is 8.36. The van der Waals surface area contributed by atoms with E-state index in [1.54, 1.807) is 36.4 Å². The van der Waals surface area contributed by atoms with Crippen LogP contribution in [0.4, 0.5) is 8.78 Å². The first-order chi connectivity index (χ1) is 17.9. The lowest BCUT2D eigenvalue weighted by Crippen LogP contribution is -2.45. The van der Waals surface area contributed by atoms with Crippen LogP contribution < -0.4 is 10.1 Å². The van der Waals surface area contributed by atoms with E-state index in [1.807, 2.05) is 0 Å². The minimum absolute atomic E-state index is 0.0389. The number of ether oxygens (including phenoxy) is 2. The summed E-state index contributed by atoms with van der Waals surface area (Å²) in [5, 5.41) is 2.74. The summed E-state index contributed by atoms with van der Waals surface area (Å²) in [6.45, 7) is 0.118. The Kier molecular flexibility index (Phi) is 8.72. The Morgan fingerprint density at radius 1 is 0.838 bits per heavy atom. The number of Topliss-reactive ketones (excluding diaryl/α,β-unsaturated/α-hetero) is 1. The van der Waals surface area contributed by atoms with Crippen molar-refractivity contribution in [2.45, 2.75) is 25.5 Å². The first-order valence-electron chi connectivity index (χ1n) is 11.6. The van der Waals surface area contributed by atoms with Gasteiger partial charge in [0.1, 0.15) is 29.2 Å². The molecule has 0 saturated carbocycles. The van der Waals surface area contributed by atoms with Crippen LogP contribution in [0.5, 0.6) is 11.5 Å². The molecule has 0 spiro atoms. The van der Waals surface area contributed by atoms with E-state index in [4.69, 9.17) is 9.47 Å². The second-order valence-corrected chi connectivity index (χ2v) is 8.36. The molecule has 0 aliphatic heterocycles. The third-order valence-electron chi connectivity index (χ3n) is 5.45. The van der Waals surface area contributed by atoms with Gasteiger partial charge in [-0.15, -0.1) is 0 Å². The summed E-state index contributed by atoms with van der Waals surface area (Å²) in [6, 6.07) is 17.6. The SMILES string of the molecule is O=C(Cc1cnc[nH]1)N[C@@H](COCc1ccc(F)cc1)C(=O)Cc1ccc(Oc2ccc(F)cc2)cc1. The molecule has 37 heavy (non-hydrogen) atoms. The fourth-order valence-corrected chi connectivity index (χ4v) is 3.53. The molecule has 3 aromatic carbocycles. The first-order valence-corrected chi connectivity index (χ1v) is 11.6. The number of aromatic nitrogens is 2. The van der Waals surface area contributed by atoms with Gasteiger partial charge in [-0.3, -0.25) is 9.59 Å². The van der Waals surface area contributed by atoms with Crippen LogP contribution in [0.1, 0.15) is 16.8 Å². The zero-order chi connectivity index (χ0) is 26.0. The second kappa shape index (κ2) is 12.5. The number of hydrogen-bond acceptors (Lipinski definition) is 5. The summed E-state index contributed by atoms with van der Waals surface area (Å²) in [6.07, 6.45) is 3.11. The van der Waals surface area contributed by atoms with E-state index in [1.165, 1.54) is 48.9 Å². The highest BCUT2D eigenvalue weighted by atomic mass is 19.1. The molecule has 1 atom stereocenters. The van der Waals surface area contributed by atoms with Crippen LogP contribution in [0, 0.1) is 11.6 Å². The van der Waals surface area contributed by atoms with Gasteiger partial charge in [-0.2, -0.15) is 0 Å². The van der Waals surface area contributed by atoms with Crippen LogP contribution in [0.2, 0.25) is 0 Å². The highest BCUT2D eigenvalue weighted by molar-refractivity contribution is 5.91. The number of benzene rings is 3. The van der Waals surface area contributed by atoms with Gasteiger partial charge in [0.05, 0.1) is 26.0 Å². The number of ketones is 1. The molecule has 1 aromatic heterocycles. The molecule has 0 bridgehead atoms. The average molecular weight is 506 g/mol. The van der Waals surface area contributed by atoms with Crippen LogP contribution in [0.25, 0.3) is 0 Å². The number of nitrogens with zero attached hydrogens (tertiary/aromatic N) is 1. The third-order valence-corrected chi connectivity index (χ3v) is 5.45. The normalized spacial score (nSPS) is 11.6. The van der Waals surface area contributed by atoms with Crippen molar-refractivity contribution in [3.8, 4) is 11.5 Å². The minimum atomic E-state index is -0.883. The van der Waals surface area contributed by atoms with Crippen LogP contribution in [0.15, 0.2) is 85.3 Å². The van der Waals surface area contributed by atoms with Crippen molar-refractivity contribution < 1.29 is 27.8 Å². The number of imidazole rings is 1. The van der Waals surface area contributed by atoms with Gasteiger partial charge in [-0.25, -0.2) is 13.8 Å². The quantitative estimate of drug-likeness (QED) is 0.295. The van der Waals surface area contributed by atoms with Gasteiger partial charge in [0.2, 0.25) is 5.91 Å². The highest BCUT2D eigenvalue weighted by Gasteiger charge is 2.22. The lowest BCUT2D eigenvalue weighted by atomic mass is 10.0. The monoisotopic (exact) mass is 505 g/mol. The van der Waals surface area contributed by atoms with Gasteiger partial charge in [-0.05, 0) is 59.7 Å². The lowest BCUT2D eigenvalue weighted by molar-refractivity contribution is -0.128. The number of carbonyl (C=O) groups is 2. The molecule has 4 aromatic rings. The van der Waals surface area contributed by atoms with Gasteiger partial charge in [0.15, 0.2) is 5.78 Å². The molecule has 0 fully saturated rings. The number of amides is 1. The van der Waals surface area contributed by atoms with Crippen molar-refractivity contribution in [1.82, 2.24) is 15.3 Å². The summed E-state index contributed by atoms with van der Waals surface area (Å²) < 4.78 is 37.6. The zero-order valence-electron chi connectivity index (χ0n) is 19.8. The number of nitrogens with one attached hydrogen (secondary N) is 2.